The fourth-order valence-electron chi connectivity index (χ4n) is 3.33. The van der Waals surface area contributed by atoms with Gasteiger partial charge in [-0.3, -0.25) is 4.79 Å². The summed E-state index contributed by atoms with van der Waals surface area (Å²) in [5, 5.41) is 8.94. The number of primary sulfonamides is 1. The molecule has 2 aromatic carbocycles. The fourth-order valence-corrected chi connectivity index (χ4v) is 4.85. The predicted octanol–water partition coefficient (Wildman–Crippen LogP) is 1.75. The molecule has 2 heterocycles. The van der Waals surface area contributed by atoms with Crippen LogP contribution in [0.15, 0.2) is 47.4 Å². The number of rotatable bonds is 7. The summed E-state index contributed by atoms with van der Waals surface area (Å²) in [4.78, 5) is 19.2. The highest BCUT2D eigenvalue weighted by Crippen LogP contribution is 2.36. The third-order valence-electron chi connectivity index (χ3n) is 5.08. The van der Waals surface area contributed by atoms with Crippen LogP contribution in [0, 0.1) is 5.92 Å². The Labute approximate surface area is 178 Å². The van der Waals surface area contributed by atoms with E-state index in [1.807, 2.05) is 18.2 Å². The third-order valence-corrected chi connectivity index (χ3v) is 7.09. The number of carbonyl (C=O) groups excluding carboxylic acids is 1. The molecule has 1 saturated heterocycles. The van der Waals surface area contributed by atoms with E-state index in [1.165, 1.54) is 12.1 Å². The van der Waals surface area contributed by atoms with E-state index in [1.54, 1.807) is 30.6 Å². The Hall–Kier alpha value is -2.69. The quantitative estimate of drug-likeness (QED) is 0.571. The standard InChI is InChI=1S/C20H22N4O4S2/c1-28-16-3-2-4-17-18(16)23-20(29-17)24-11-14(12-24)19(25)22-10-9-13-5-7-15(8-6-13)30(21,26)27/h2-8,14H,9-12H2,1H3,(H,22,25)(H2,21,26,27). The Morgan fingerprint density at radius 2 is 2.00 bits per heavy atom. The normalized spacial score (nSPS) is 14.5. The molecule has 10 heteroatoms. The number of nitrogens with one attached hydrogen (secondary N) is 1. The first-order valence-corrected chi connectivity index (χ1v) is 11.8. The molecular formula is C20H22N4O4S2. The highest BCUT2D eigenvalue weighted by atomic mass is 32.2. The summed E-state index contributed by atoms with van der Waals surface area (Å²) in [6.07, 6.45) is 0.616. The summed E-state index contributed by atoms with van der Waals surface area (Å²) < 4.78 is 29.0. The topological polar surface area (TPSA) is 115 Å². The van der Waals surface area contributed by atoms with Crippen LogP contribution in [0.4, 0.5) is 5.13 Å². The van der Waals surface area contributed by atoms with E-state index in [0.29, 0.717) is 26.1 Å². The number of para-hydroxylation sites is 1. The molecule has 3 N–H and O–H groups in total. The number of methoxy groups -OCH3 is 1. The molecule has 0 radical (unpaired) electrons. The highest BCUT2D eigenvalue weighted by molar-refractivity contribution is 7.89. The molecule has 4 rings (SSSR count). The summed E-state index contributed by atoms with van der Waals surface area (Å²) in [5.74, 6) is 0.705. The van der Waals surface area contributed by atoms with Crippen molar-refractivity contribution in [3.63, 3.8) is 0 Å². The summed E-state index contributed by atoms with van der Waals surface area (Å²) >= 11 is 1.59. The van der Waals surface area contributed by atoms with Crippen molar-refractivity contribution in [2.45, 2.75) is 11.3 Å². The van der Waals surface area contributed by atoms with Crippen LogP contribution in [-0.4, -0.2) is 46.1 Å². The average molecular weight is 447 g/mol. The van der Waals surface area contributed by atoms with Gasteiger partial charge in [-0.1, -0.05) is 29.5 Å². The maximum atomic E-state index is 12.4. The van der Waals surface area contributed by atoms with Gasteiger partial charge in [0.15, 0.2) is 5.13 Å². The van der Waals surface area contributed by atoms with Crippen molar-refractivity contribution in [1.29, 1.82) is 0 Å². The zero-order valence-corrected chi connectivity index (χ0v) is 18.0. The van der Waals surface area contributed by atoms with E-state index in [2.05, 4.69) is 15.2 Å². The van der Waals surface area contributed by atoms with E-state index in [-0.39, 0.29) is 16.7 Å². The van der Waals surface area contributed by atoms with Crippen LogP contribution < -0.4 is 20.1 Å². The summed E-state index contributed by atoms with van der Waals surface area (Å²) in [7, 11) is -2.06. The molecule has 0 saturated carbocycles. The summed E-state index contributed by atoms with van der Waals surface area (Å²) in [6, 6.07) is 12.2. The molecule has 0 unspecified atom stereocenters. The molecule has 1 aliphatic heterocycles. The molecule has 3 aromatic rings. The number of ether oxygens (including phenoxy) is 1. The molecule has 0 bridgehead atoms. The Morgan fingerprint density at radius 1 is 1.27 bits per heavy atom. The van der Waals surface area contributed by atoms with E-state index >= 15 is 0 Å². The second-order valence-electron chi connectivity index (χ2n) is 7.14. The molecule has 30 heavy (non-hydrogen) atoms. The number of hydrogen-bond acceptors (Lipinski definition) is 7. The predicted molar refractivity (Wildman–Crippen MR) is 116 cm³/mol. The average Bonchev–Trinajstić information content (AvgIpc) is 3.10. The number of benzene rings is 2. The van der Waals surface area contributed by atoms with Gasteiger partial charge in [-0.05, 0) is 36.2 Å². The zero-order chi connectivity index (χ0) is 21.3. The second-order valence-corrected chi connectivity index (χ2v) is 9.71. The number of thiazole rings is 1. The van der Waals surface area contributed by atoms with E-state index in [0.717, 1.165) is 26.7 Å². The highest BCUT2D eigenvalue weighted by Gasteiger charge is 2.34. The van der Waals surface area contributed by atoms with Gasteiger partial charge in [-0.2, -0.15) is 0 Å². The minimum Gasteiger partial charge on any atom is -0.494 e. The number of anilines is 1. The molecule has 1 aromatic heterocycles. The SMILES string of the molecule is COc1cccc2sc(N3CC(C(=O)NCCc4ccc(S(N)(=O)=O)cc4)C3)nc12. The van der Waals surface area contributed by atoms with Crippen molar-refractivity contribution in [3.05, 3.63) is 48.0 Å². The lowest BCUT2D eigenvalue weighted by Gasteiger charge is -2.37. The Kier molecular flexibility index (Phi) is 5.63. The first-order chi connectivity index (χ1) is 14.3. The number of nitrogens with zero attached hydrogens (tertiary/aromatic N) is 2. The van der Waals surface area contributed by atoms with Crippen molar-refractivity contribution in [1.82, 2.24) is 10.3 Å². The largest absolute Gasteiger partial charge is 0.494 e. The van der Waals surface area contributed by atoms with Gasteiger partial charge in [0.1, 0.15) is 11.3 Å². The van der Waals surface area contributed by atoms with Crippen LogP contribution in [0.2, 0.25) is 0 Å². The lowest BCUT2D eigenvalue weighted by atomic mass is 10.00. The first-order valence-electron chi connectivity index (χ1n) is 9.43. The van der Waals surface area contributed by atoms with Crippen molar-refractivity contribution in [2.75, 3.05) is 31.6 Å². The molecule has 8 nitrogen and oxygen atoms in total. The van der Waals surface area contributed by atoms with Gasteiger partial charge in [0.2, 0.25) is 15.9 Å². The molecule has 0 aliphatic carbocycles. The number of nitrogens with two attached hydrogens (primary N) is 1. The number of fused-ring (bicyclic) bond motifs is 1. The monoisotopic (exact) mass is 446 g/mol. The minimum atomic E-state index is -3.69. The van der Waals surface area contributed by atoms with Gasteiger partial charge in [0.25, 0.3) is 0 Å². The van der Waals surface area contributed by atoms with Crippen molar-refractivity contribution in [3.8, 4) is 5.75 Å². The zero-order valence-electron chi connectivity index (χ0n) is 16.4. The smallest absolute Gasteiger partial charge is 0.238 e. The van der Waals surface area contributed by atoms with Gasteiger partial charge in [-0.25, -0.2) is 18.5 Å². The van der Waals surface area contributed by atoms with E-state index < -0.39 is 10.0 Å². The Balaban J connectivity index is 1.27. The van der Waals surface area contributed by atoms with E-state index in [4.69, 9.17) is 9.88 Å². The molecule has 0 atom stereocenters. The van der Waals surface area contributed by atoms with Crippen LogP contribution in [0.25, 0.3) is 10.2 Å². The van der Waals surface area contributed by atoms with E-state index in [9.17, 15) is 13.2 Å². The van der Waals surface area contributed by atoms with Crippen molar-refractivity contribution >= 4 is 42.6 Å². The maximum Gasteiger partial charge on any atom is 0.238 e. The van der Waals surface area contributed by atoms with Crippen molar-refractivity contribution < 1.29 is 17.9 Å². The van der Waals surface area contributed by atoms with Crippen LogP contribution in [0.1, 0.15) is 5.56 Å². The number of hydrogen-bond donors (Lipinski definition) is 2. The van der Waals surface area contributed by atoms with Gasteiger partial charge in [0, 0.05) is 19.6 Å². The minimum absolute atomic E-state index is 0.0195. The molecule has 158 valence electrons. The Bertz CT molecular complexity index is 1170. The number of sulfonamides is 1. The van der Waals surface area contributed by atoms with Crippen LogP contribution in [0.3, 0.4) is 0 Å². The second kappa shape index (κ2) is 8.21. The molecule has 1 amide bonds. The van der Waals surface area contributed by atoms with Crippen LogP contribution in [0.5, 0.6) is 5.75 Å². The van der Waals surface area contributed by atoms with Crippen molar-refractivity contribution in [2.24, 2.45) is 11.1 Å². The van der Waals surface area contributed by atoms with Gasteiger partial charge < -0.3 is 15.0 Å². The number of carbonyl (C=O) groups is 1. The summed E-state index contributed by atoms with van der Waals surface area (Å²) in [6.45, 7) is 1.76. The molecule has 1 aliphatic rings. The summed E-state index contributed by atoms with van der Waals surface area (Å²) in [5.41, 5.74) is 1.78. The Morgan fingerprint density at radius 3 is 2.67 bits per heavy atom. The number of aromatic nitrogens is 1. The fraction of sp³-hybridized carbons (Fsp3) is 0.300. The van der Waals surface area contributed by atoms with Gasteiger partial charge >= 0.3 is 0 Å². The lowest BCUT2D eigenvalue weighted by molar-refractivity contribution is -0.125. The lowest BCUT2D eigenvalue weighted by Crippen LogP contribution is -2.54. The first kappa shape index (κ1) is 20.6. The molecular weight excluding hydrogens is 424 g/mol. The molecule has 1 fully saturated rings. The maximum absolute atomic E-state index is 12.4. The van der Waals surface area contributed by atoms with Crippen LogP contribution in [-0.2, 0) is 21.2 Å². The molecule has 0 spiro atoms. The van der Waals surface area contributed by atoms with Crippen LogP contribution >= 0.6 is 11.3 Å². The van der Waals surface area contributed by atoms with Gasteiger partial charge in [-0.15, -0.1) is 0 Å². The van der Waals surface area contributed by atoms with Gasteiger partial charge in [0.05, 0.1) is 22.6 Å². The number of amides is 1. The third kappa shape index (κ3) is 4.25.